The fourth-order valence-electron chi connectivity index (χ4n) is 3.10. The number of methoxy groups -OCH3 is 1. The number of benzene rings is 1. The molecule has 2 amide bonds. The lowest BCUT2D eigenvalue weighted by molar-refractivity contribution is -0.118. The smallest absolute Gasteiger partial charge is 0.269 e. The van der Waals surface area contributed by atoms with Gasteiger partial charge in [0.1, 0.15) is 11.4 Å². The summed E-state index contributed by atoms with van der Waals surface area (Å²) in [6.07, 6.45) is 3.29. The number of pyridine rings is 1. The third-order valence-electron chi connectivity index (χ3n) is 4.68. The fourth-order valence-corrected chi connectivity index (χ4v) is 3.10. The first-order valence-electron chi connectivity index (χ1n) is 9.01. The van der Waals surface area contributed by atoms with Gasteiger partial charge in [0.15, 0.2) is 0 Å². The molecule has 1 N–H and O–H groups in total. The Labute approximate surface area is 158 Å². The first-order valence-corrected chi connectivity index (χ1v) is 9.01. The molecule has 3 rings (SSSR count). The highest BCUT2D eigenvalue weighted by atomic mass is 16.5. The highest BCUT2D eigenvalue weighted by Crippen LogP contribution is 2.17. The molecule has 1 aliphatic rings. The Morgan fingerprint density at radius 1 is 1.19 bits per heavy atom. The maximum absolute atomic E-state index is 12.3. The standard InChI is InChI=1S/C20H24N4O3/c1-27-19-5-3-2-4-16(19)8-9-21-20(26)18-7-6-17(14-22-18)24-12-10-23(15-25)11-13-24/h2-7,14-15H,8-13H2,1H3,(H,21,26). The van der Waals surface area contributed by atoms with E-state index in [1.807, 2.05) is 30.3 Å². The van der Waals surface area contributed by atoms with Crippen molar-refractivity contribution in [3.05, 3.63) is 53.9 Å². The highest BCUT2D eigenvalue weighted by molar-refractivity contribution is 5.92. The van der Waals surface area contributed by atoms with Crippen molar-refractivity contribution in [1.29, 1.82) is 0 Å². The van der Waals surface area contributed by atoms with Crippen LogP contribution in [0.3, 0.4) is 0 Å². The van der Waals surface area contributed by atoms with Gasteiger partial charge in [-0.1, -0.05) is 18.2 Å². The predicted molar refractivity (Wildman–Crippen MR) is 103 cm³/mol. The largest absolute Gasteiger partial charge is 0.496 e. The summed E-state index contributed by atoms with van der Waals surface area (Å²) in [5, 5.41) is 2.90. The molecule has 1 aromatic carbocycles. The number of anilines is 1. The molecule has 27 heavy (non-hydrogen) atoms. The second-order valence-corrected chi connectivity index (χ2v) is 6.35. The number of carbonyl (C=O) groups excluding carboxylic acids is 2. The summed E-state index contributed by atoms with van der Waals surface area (Å²) in [6.45, 7) is 3.45. The zero-order valence-corrected chi connectivity index (χ0v) is 15.4. The molecule has 142 valence electrons. The Morgan fingerprint density at radius 3 is 2.63 bits per heavy atom. The Morgan fingerprint density at radius 2 is 1.96 bits per heavy atom. The van der Waals surface area contributed by atoms with Gasteiger partial charge in [-0.15, -0.1) is 0 Å². The van der Waals surface area contributed by atoms with Crippen LogP contribution in [-0.2, 0) is 11.2 Å². The normalized spacial score (nSPS) is 14.0. The molecule has 0 atom stereocenters. The van der Waals surface area contributed by atoms with Crippen LogP contribution in [0.5, 0.6) is 5.75 Å². The van der Waals surface area contributed by atoms with Gasteiger partial charge in [-0.25, -0.2) is 4.98 Å². The molecule has 0 saturated carbocycles. The topological polar surface area (TPSA) is 74.8 Å². The minimum Gasteiger partial charge on any atom is -0.496 e. The van der Waals surface area contributed by atoms with Crippen molar-refractivity contribution in [2.45, 2.75) is 6.42 Å². The number of carbonyl (C=O) groups is 2. The van der Waals surface area contributed by atoms with Crippen LogP contribution >= 0.6 is 0 Å². The third kappa shape index (κ3) is 4.75. The van der Waals surface area contributed by atoms with Crippen LogP contribution in [0.2, 0.25) is 0 Å². The van der Waals surface area contributed by atoms with E-state index < -0.39 is 0 Å². The number of para-hydroxylation sites is 1. The highest BCUT2D eigenvalue weighted by Gasteiger charge is 2.16. The number of amides is 2. The SMILES string of the molecule is COc1ccccc1CCNC(=O)c1ccc(N2CCN(C=O)CC2)cn1. The van der Waals surface area contributed by atoms with E-state index in [4.69, 9.17) is 4.74 Å². The molecule has 1 aromatic heterocycles. The van der Waals surface area contributed by atoms with E-state index in [-0.39, 0.29) is 5.91 Å². The van der Waals surface area contributed by atoms with E-state index in [0.717, 1.165) is 36.5 Å². The van der Waals surface area contributed by atoms with Gasteiger partial charge in [0.2, 0.25) is 6.41 Å². The molecule has 0 spiro atoms. The molecule has 1 fully saturated rings. The number of hydrogen-bond donors (Lipinski definition) is 1. The second kappa shape index (κ2) is 9.02. The molecule has 2 heterocycles. The van der Waals surface area contributed by atoms with Gasteiger partial charge in [-0.2, -0.15) is 0 Å². The summed E-state index contributed by atoms with van der Waals surface area (Å²) in [5.41, 5.74) is 2.41. The first kappa shape index (κ1) is 18.7. The van der Waals surface area contributed by atoms with Crippen molar-refractivity contribution in [3.8, 4) is 5.75 Å². The molecule has 2 aromatic rings. The van der Waals surface area contributed by atoms with Gasteiger partial charge < -0.3 is 19.9 Å². The summed E-state index contributed by atoms with van der Waals surface area (Å²) in [6, 6.07) is 11.4. The van der Waals surface area contributed by atoms with Crippen LogP contribution in [0.25, 0.3) is 0 Å². The van der Waals surface area contributed by atoms with E-state index in [0.29, 0.717) is 31.7 Å². The van der Waals surface area contributed by atoms with Crippen LogP contribution in [0.4, 0.5) is 5.69 Å². The average Bonchev–Trinajstić information content (AvgIpc) is 2.74. The lowest BCUT2D eigenvalue weighted by atomic mass is 10.1. The molecule has 0 unspecified atom stereocenters. The number of aromatic nitrogens is 1. The van der Waals surface area contributed by atoms with Crippen molar-refractivity contribution in [1.82, 2.24) is 15.2 Å². The molecule has 0 bridgehead atoms. The molecular weight excluding hydrogens is 344 g/mol. The van der Waals surface area contributed by atoms with Crippen LogP contribution in [-0.4, -0.2) is 62.0 Å². The van der Waals surface area contributed by atoms with Crippen molar-refractivity contribution in [3.63, 3.8) is 0 Å². The number of piperazine rings is 1. The van der Waals surface area contributed by atoms with Gasteiger partial charge in [0.25, 0.3) is 5.91 Å². The zero-order valence-electron chi connectivity index (χ0n) is 15.4. The van der Waals surface area contributed by atoms with E-state index in [9.17, 15) is 9.59 Å². The molecule has 0 aliphatic carbocycles. The number of nitrogens with one attached hydrogen (secondary N) is 1. The summed E-state index contributed by atoms with van der Waals surface area (Å²) >= 11 is 0. The Hall–Kier alpha value is -3.09. The minimum atomic E-state index is -0.192. The fraction of sp³-hybridized carbons (Fsp3) is 0.350. The van der Waals surface area contributed by atoms with Gasteiger partial charge in [-0.3, -0.25) is 9.59 Å². The zero-order chi connectivity index (χ0) is 19.1. The quantitative estimate of drug-likeness (QED) is 0.747. The van der Waals surface area contributed by atoms with E-state index in [1.54, 1.807) is 24.3 Å². The third-order valence-corrected chi connectivity index (χ3v) is 4.68. The second-order valence-electron chi connectivity index (χ2n) is 6.35. The lowest BCUT2D eigenvalue weighted by Crippen LogP contribution is -2.45. The molecule has 1 aliphatic heterocycles. The Balaban J connectivity index is 1.51. The van der Waals surface area contributed by atoms with Crippen molar-refractivity contribution in [2.75, 3.05) is 44.7 Å². The molecular formula is C20H24N4O3. The molecule has 7 nitrogen and oxygen atoms in total. The van der Waals surface area contributed by atoms with Gasteiger partial charge in [-0.05, 0) is 30.2 Å². The first-order chi connectivity index (χ1) is 13.2. The minimum absolute atomic E-state index is 0.192. The molecule has 0 radical (unpaired) electrons. The Bertz CT molecular complexity index is 771. The maximum atomic E-state index is 12.3. The van der Waals surface area contributed by atoms with Crippen LogP contribution in [0, 0.1) is 0 Å². The summed E-state index contributed by atoms with van der Waals surface area (Å²) < 4.78 is 5.32. The number of nitrogens with zero attached hydrogens (tertiary/aromatic N) is 3. The number of ether oxygens (including phenoxy) is 1. The molecule has 7 heteroatoms. The van der Waals surface area contributed by atoms with E-state index in [1.165, 1.54) is 0 Å². The van der Waals surface area contributed by atoms with E-state index in [2.05, 4.69) is 15.2 Å². The summed E-state index contributed by atoms with van der Waals surface area (Å²) in [4.78, 5) is 31.3. The predicted octanol–water partition coefficient (Wildman–Crippen LogP) is 1.34. The van der Waals surface area contributed by atoms with Gasteiger partial charge >= 0.3 is 0 Å². The summed E-state index contributed by atoms with van der Waals surface area (Å²) in [7, 11) is 1.64. The van der Waals surface area contributed by atoms with Crippen molar-refractivity contribution < 1.29 is 14.3 Å². The van der Waals surface area contributed by atoms with Crippen LogP contribution in [0.15, 0.2) is 42.6 Å². The average molecular weight is 368 g/mol. The lowest BCUT2D eigenvalue weighted by Gasteiger charge is -2.33. The summed E-state index contributed by atoms with van der Waals surface area (Å²) in [5.74, 6) is 0.631. The van der Waals surface area contributed by atoms with Crippen LogP contribution in [0.1, 0.15) is 16.1 Å². The number of rotatable bonds is 7. The Kier molecular flexibility index (Phi) is 6.25. The molecule has 1 saturated heterocycles. The van der Waals surface area contributed by atoms with Crippen molar-refractivity contribution >= 4 is 18.0 Å². The van der Waals surface area contributed by atoms with Crippen LogP contribution < -0.4 is 15.0 Å². The van der Waals surface area contributed by atoms with Gasteiger partial charge in [0, 0.05) is 32.7 Å². The van der Waals surface area contributed by atoms with Gasteiger partial charge in [0.05, 0.1) is 19.0 Å². The number of hydrogen-bond acceptors (Lipinski definition) is 5. The van der Waals surface area contributed by atoms with Crippen molar-refractivity contribution in [2.24, 2.45) is 0 Å². The maximum Gasteiger partial charge on any atom is 0.269 e. The monoisotopic (exact) mass is 368 g/mol. The van der Waals surface area contributed by atoms with E-state index >= 15 is 0 Å².